The summed E-state index contributed by atoms with van der Waals surface area (Å²) in [6.07, 6.45) is -1.19. The second kappa shape index (κ2) is 6.53. The molecular formula is C12H15BrN2O4. The number of anilines is 1. The van der Waals surface area contributed by atoms with E-state index in [4.69, 9.17) is 5.11 Å². The van der Waals surface area contributed by atoms with Crippen molar-refractivity contribution >= 4 is 33.6 Å². The Morgan fingerprint density at radius 2 is 2.00 bits per heavy atom. The maximum Gasteiger partial charge on any atom is 0.328 e. The van der Waals surface area contributed by atoms with Crippen LogP contribution in [0.5, 0.6) is 0 Å². The normalized spacial score (nSPS) is 13.5. The summed E-state index contributed by atoms with van der Waals surface area (Å²) >= 11 is 3.33. The number of aliphatic hydroxyl groups excluding tert-OH is 1. The number of carbonyl (C=O) groups is 2. The van der Waals surface area contributed by atoms with E-state index >= 15 is 0 Å². The molecule has 0 saturated heterocycles. The highest BCUT2D eigenvalue weighted by Crippen LogP contribution is 2.23. The van der Waals surface area contributed by atoms with Crippen molar-refractivity contribution in [1.29, 1.82) is 0 Å². The van der Waals surface area contributed by atoms with Crippen LogP contribution in [0.15, 0.2) is 22.7 Å². The maximum absolute atomic E-state index is 11.7. The Morgan fingerprint density at radius 3 is 2.53 bits per heavy atom. The number of benzene rings is 1. The summed E-state index contributed by atoms with van der Waals surface area (Å²) in [5.41, 5.74) is 1.38. The lowest BCUT2D eigenvalue weighted by molar-refractivity contribution is -0.141. The summed E-state index contributed by atoms with van der Waals surface area (Å²) in [6, 6.07) is 3.23. The lowest BCUT2D eigenvalue weighted by Crippen LogP contribution is -2.49. The minimum Gasteiger partial charge on any atom is -0.480 e. The number of urea groups is 1. The summed E-state index contributed by atoms with van der Waals surface area (Å²) in [7, 11) is 0. The standard InChI is InChI=1S/C12H15BrN2O4/c1-6-8(13)4-3-5-9(6)14-12(19)15-10(7(2)16)11(17)18/h3-5,7,10,16H,1-2H3,(H,17,18)(H2,14,15,19). The van der Waals surface area contributed by atoms with Gasteiger partial charge < -0.3 is 20.8 Å². The van der Waals surface area contributed by atoms with Crippen LogP contribution in [-0.2, 0) is 4.79 Å². The first-order valence-corrected chi connectivity index (χ1v) is 6.35. The highest BCUT2D eigenvalue weighted by atomic mass is 79.9. The number of aliphatic carboxylic acids is 1. The minimum atomic E-state index is -1.35. The Morgan fingerprint density at radius 1 is 1.37 bits per heavy atom. The monoisotopic (exact) mass is 330 g/mol. The molecule has 0 saturated carbocycles. The van der Waals surface area contributed by atoms with Crippen molar-refractivity contribution in [3.8, 4) is 0 Å². The number of carbonyl (C=O) groups excluding carboxylic acids is 1. The Bertz CT molecular complexity index is 491. The van der Waals surface area contributed by atoms with E-state index in [0.717, 1.165) is 10.0 Å². The number of amides is 2. The van der Waals surface area contributed by atoms with E-state index in [0.29, 0.717) is 5.69 Å². The summed E-state index contributed by atoms with van der Waals surface area (Å²) < 4.78 is 0.829. The van der Waals surface area contributed by atoms with Gasteiger partial charge in [-0.1, -0.05) is 22.0 Å². The smallest absolute Gasteiger partial charge is 0.328 e. The lowest BCUT2D eigenvalue weighted by Gasteiger charge is -2.18. The number of rotatable bonds is 4. The highest BCUT2D eigenvalue weighted by Gasteiger charge is 2.25. The van der Waals surface area contributed by atoms with E-state index in [1.807, 2.05) is 13.0 Å². The van der Waals surface area contributed by atoms with Gasteiger partial charge in [0, 0.05) is 10.2 Å². The van der Waals surface area contributed by atoms with E-state index in [1.165, 1.54) is 6.92 Å². The first kappa shape index (κ1) is 15.5. The highest BCUT2D eigenvalue weighted by molar-refractivity contribution is 9.10. The summed E-state index contributed by atoms with van der Waals surface area (Å²) in [5.74, 6) is -1.30. The number of hydrogen-bond acceptors (Lipinski definition) is 3. The van der Waals surface area contributed by atoms with Crippen molar-refractivity contribution in [3.05, 3.63) is 28.2 Å². The van der Waals surface area contributed by atoms with Crippen LogP contribution in [0.3, 0.4) is 0 Å². The van der Waals surface area contributed by atoms with Crippen LogP contribution in [-0.4, -0.2) is 34.4 Å². The maximum atomic E-state index is 11.7. The molecule has 0 bridgehead atoms. The van der Waals surface area contributed by atoms with Gasteiger partial charge in [0.2, 0.25) is 0 Å². The molecule has 1 aromatic carbocycles. The van der Waals surface area contributed by atoms with Crippen molar-refractivity contribution < 1.29 is 19.8 Å². The largest absolute Gasteiger partial charge is 0.480 e. The number of carboxylic acid groups (broad SMARTS) is 1. The number of carboxylic acids is 1. The van der Waals surface area contributed by atoms with Crippen LogP contribution < -0.4 is 10.6 Å². The molecule has 0 fully saturated rings. The van der Waals surface area contributed by atoms with Gasteiger partial charge in [-0.3, -0.25) is 0 Å². The van der Waals surface area contributed by atoms with Crippen molar-refractivity contribution in [2.75, 3.05) is 5.32 Å². The van der Waals surface area contributed by atoms with Crippen LogP contribution in [0, 0.1) is 6.92 Å². The lowest BCUT2D eigenvalue weighted by atomic mass is 10.2. The molecule has 0 heterocycles. The van der Waals surface area contributed by atoms with Gasteiger partial charge in [-0.2, -0.15) is 0 Å². The molecule has 104 valence electrons. The molecule has 0 spiro atoms. The number of hydrogen-bond donors (Lipinski definition) is 4. The summed E-state index contributed by atoms with van der Waals surface area (Å²) in [6.45, 7) is 3.10. The average Bonchev–Trinajstić information content (AvgIpc) is 2.31. The second-order valence-electron chi connectivity index (χ2n) is 4.07. The molecule has 6 nitrogen and oxygen atoms in total. The van der Waals surface area contributed by atoms with Gasteiger partial charge in [0.1, 0.15) is 0 Å². The number of halogens is 1. The molecule has 7 heteroatoms. The Hall–Kier alpha value is -1.60. The van der Waals surface area contributed by atoms with E-state index in [2.05, 4.69) is 26.6 Å². The SMILES string of the molecule is Cc1c(Br)cccc1NC(=O)NC(C(=O)O)C(C)O. The average molecular weight is 331 g/mol. The fourth-order valence-corrected chi connectivity index (χ4v) is 1.80. The van der Waals surface area contributed by atoms with E-state index in [1.54, 1.807) is 12.1 Å². The van der Waals surface area contributed by atoms with Crippen LogP contribution in [0.2, 0.25) is 0 Å². The van der Waals surface area contributed by atoms with Crippen molar-refractivity contribution in [2.24, 2.45) is 0 Å². The fraction of sp³-hybridized carbons (Fsp3) is 0.333. The Labute approximate surface area is 118 Å². The van der Waals surface area contributed by atoms with Gasteiger partial charge >= 0.3 is 12.0 Å². The van der Waals surface area contributed by atoms with Crippen LogP contribution in [0.25, 0.3) is 0 Å². The van der Waals surface area contributed by atoms with Gasteiger partial charge in [-0.05, 0) is 31.5 Å². The third-order valence-corrected chi connectivity index (χ3v) is 3.41. The molecule has 4 N–H and O–H groups in total. The summed E-state index contributed by atoms with van der Waals surface area (Å²) in [5, 5.41) is 22.8. The molecule has 2 atom stereocenters. The fourth-order valence-electron chi connectivity index (χ4n) is 1.43. The zero-order valence-electron chi connectivity index (χ0n) is 10.5. The van der Waals surface area contributed by atoms with Gasteiger partial charge in [-0.15, -0.1) is 0 Å². The first-order valence-electron chi connectivity index (χ1n) is 5.56. The van der Waals surface area contributed by atoms with Crippen molar-refractivity contribution in [2.45, 2.75) is 26.0 Å². The minimum absolute atomic E-state index is 0.557. The third-order valence-electron chi connectivity index (χ3n) is 2.55. The van der Waals surface area contributed by atoms with Gasteiger partial charge in [0.15, 0.2) is 6.04 Å². The molecular weight excluding hydrogens is 316 g/mol. The van der Waals surface area contributed by atoms with Crippen LogP contribution >= 0.6 is 15.9 Å². The molecule has 0 radical (unpaired) electrons. The van der Waals surface area contributed by atoms with E-state index in [9.17, 15) is 14.7 Å². The molecule has 0 aliphatic carbocycles. The Balaban J connectivity index is 2.75. The van der Waals surface area contributed by atoms with Crippen molar-refractivity contribution in [1.82, 2.24) is 5.32 Å². The van der Waals surface area contributed by atoms with Gasteiger partial charge in [-0.25, -0.2) is 9.59 Å². The van der Waals surface area contributed by atoms with Crippen LogP contribution in [0.4, 0.5) is 10.5 Å². The Kier molecular flexibility index (Phi) is 5.31. The molecule has 1 rings (SSSR count). The van der Waals surface area contributed by atoms with Gasteiger partial charge in [0.05, 0.1) is 6.10 Å². The quantitative estimate of drug-likeness (QED) is 0.675. The molecule has 0 aliphatic heterocycles. The zero-order valence-corrected chi connectivity index (χ0v) is 12.1. The second-order valence-corrected chi connectivity index (χ2v) is 4.92. The van der Waals surface area contributed by atoms with Crippen LogP contribution in [0.1, 0.15) is 12.5 Å². The molecule has 2 unspecified atom stereocenters. The number of nitrogens with one attached hydrogen (secondary N) is 2. The predicted octanol–water partition coefficient (Wildman–Crippen LogP) is 1.71. The van der Waals surface area contributed by atoms with E-state index < -0.39 is 24.1 Å². The molecule has 19 heavy (non-hydrogen) atoms. The number of aliphatic hydroxyl groups is 1. The summed E-state index contributed by atoms with van der Waals surface area (Å²) in [4.78, 5) is 22.5. The predicted molar refractivity (Wildman–Crippen MR) is 74.1 cm³/mol. The first-order chi connectivity index (χ1) is 8.82. The molecule has 0 aliphatic rings. The third kappa shape index (κ3) is 4.22. The zero-order chi connectivity index (χ0) is 14.6. The van der Waals surface area contributed by atoms with Gasteiger partial charge in [0.25, 0.3) is 0 Å². The molecule has 0 aromatic heterocycles. The molecule has 2 amide bonds. The van der Waals surface area contributed by atoms with E-state index in [-0.39, 0.29) is 0 Å². The topological polar surface area (TPSA) is 98.7 Å². The molecule has 1 aromatic rings. The van der Waals surface area contributed by atoms with Crippen molar-refractivity contribution in [3.63, 3.8) is 0 Å².